The van der Waals surface area contributed by atoms with E-state index in [1.165, 1.54) is 6.20 Å². The van der Waals surface area contributed by atoms with Crippen molar-refractivity contribution in [2.45, 2.75) is 6.92 Å². The van der Waals surface area contributed by atoms with E-state index in [4.69, 9.17) is 10.00 Å². The fourth-order valence-electron chi connectivity index (χ4n) is 1.73. The van der Waals surface area contributed by atoms with E-state index in [0.717, 1.165) is 5.69 Å². The molecular formula is C17H16N4O2. The summed E-state index contributed by atoms with van der Waals surface area (Å²) >= 11 is 0. The van der Waals surface area contributed by atoms with Crippen LogP contribution >= 0.6 is 0 Å². The molecule has 0 saturated heterocycles. The second-order valence-electron chi connectivity index (χ2n) is 4.69. The van der Waals surface area contributed by atoms with Gasteiger partial charge in [-0.25, -0.2) is 0 Å². The lowest BCUT2D eigenvalue weighted by molar-refractivity contribution is -0.112. The summed E-state index contributed by atoms with van der Waals surface area (Å²) in [5.74, 6) is 0.192. The second kappa shape index (κ2) is 7.61. The van der Waals surface area contributed by atoms with Crippen LogP contribution in [0.3, 0.4) is 0 Å². The molecule has 1 amide bonds. The molecule has 0 aliphatic heterocycles. The first kappa shape index (κ1) is 16.0. The number of aromatic nitrogens is 1. The SMILES string of the molecule is COc1ccc(NC(=O)/C(C#N)=C\Nc2ccc(C)nc2)cc1. The lowest BCUT2D eigenvalue weighted by Crippen LogP contribution is -2.14. The minimum atomic E-state index is -0.495. The van der Waals surface area contributed by atoms with Gasteiger partial charge in [0.1, 0.15) is 17.4 Å². The van der Waals surface area contributed by atoms with Crippen molar-refractivity contribution in [2.24, 2.45) is 0 Å². The summed E-state index contributed by atoms with van der Waals surface area (Å²) in [7, 11) is 1.57. The molecule has 6 heteroatoms. The largest absolute Gasteiger partial charge is 0.497 e. The standard InChI is InChI=1S/C17H16N4O2/c1-12-3-4-15(11-19-12)20-10-13(9-18)17(22)21-14-5-7-16(23-2)8-6-14/h3-8,10-11,20H,1-2H3,(H,21,22)/b13-10-. The van der Waals surface area contributed by atoms with Crippen molar-refractivity contribution in [1.29, 1.82) is 5.26 Å². The number of nitriles is 1. The maximum Gasteiger partial charge on any atom is 0.267 e. The van der Waals surface area contributed by atoms with Gasteiger partial charge in [0, 0.05) is 17.6 Å². The topological polar surface area (TPSA) is 87.0 Å². The Hall–Kier alpha value is -3.33. The smallest absolute Gasteiger partial charge is 0.267 e. The summed E-state index contributed by atoms with van der Waals surface area (Å²) in [5.41, 5.74) is 2.12. The zero-order valence-electron chi connectivity index (χ0n) is 12.8. The number of ether oxygens (including phenoxy) is 1. The molecule has 0 radical (unpaired) electrons. The summed E-state index contributed by atoms with van der Waals surface area (Å²) in [6, 6.07) is 12.4. The third-order valence-corrected chi connectivity index (χ3v) is 3.01. The quantitative estimate of drug-likeness (QED) is 0.655. The number of hydrogen-bond donors (Lipinski definition) is 2. The molecular weight excluding hydrogens is 292 g/mol. The summed E-state index contributed by atoms with van der Waals surface area (Å²) in [5, 5.41) is 14.7. The first-order valence-corrected chi connectivity index (χ1v) is 6.87. The highest BCUT2D eigenvalue weighted by Gasteiger charge is 2.09. The fraction of sp³-hybridized carbons (Fsp3) is 0.118. The Kier molecular flexibility index (Phi) is 5.31. The predicted octanol–water partition coefficient (Wildman–Crippen LogP) is 2.86. The fourth-order valence-corrected chi connectivity index (χ4v) is 1.73. The molecule has 0 spiro atoms. The van der Waals surface area contributed by atoms with E-state index >= 15 is 0 Å². The monoisotopic (exact) mass is 308 g/mol. The number of amides is 1. The van der Waals surface area contributed by atoms with Gasteiger partial charge in [-0.3, -0.25) is 9.78 Å². The van der Waals surface area contributed by atoms with Crippen molar-refractivity contribution >= 4 is 17.3 Å². The number of methoxy groups -OCH3 is 1. The van der Waals surface area contributed by atoms with E-state index in [1.807, 2.05) is 25.1 Å². The van der Waals surface area contributed by atoms with Crippen LogP contribution in [0.25, 0.3) is 0 Å². The Morgan fingerprint density at radius 3 is 2.48 bits per heavy atom. The van der Waals surface area contributed by atoms with E-state index in [2.05, 4.69) is 15.6 Å². The van der Waals surface area contributed by atoms with Gasteiger partial charge in [0.15, 0.2) is 0 Å². The first-order chi connectivity index (χ1) is 11.1. The molecule has 0 bridgehead atoms. The van der Waals surface area contributed by atoms with Crippen LogP contribution in [0.4, 0.5) is 11.4 Å². The number of benzene rings is 1. The summed E-state index contributed by atoms with van der Waals surface area (Å²) in [6.45, 7) is 1.88. The normalized spacial score (nSPS) is 10.6. The molecule has 0 aliphatic carbocycles. The highest BCUT2D eigenvalue weighted by Crippen LogP contribution is 2.15. The Labute approximate surface area is 134 Å². The van der Waals surface area contributed by atoms with Gasteiger partial charge in [0.05, 0.1) is 19.0 Å². The lowest BCUT2D eigenvalue weighted by atomic mass is 10.2. The van der Waals surface area contributed by atoms with Gasteiger partial charge in [-0.05, 0) is 43.3 Å². The molecule has 0 saturated carbocycles. The van der Waals surface area contributed by atoms with Gasteiger partial charge < -0.3 is 15.4 Å². The number of carbonyl (C=O) groups is 1. The summed E-state index contributed by atoms with van der Waals surface area (Å²) < 4.78 is 5.05. The van der Waals surface area contributed by atoms with E-state index < -0.39 is 5.91 Å². The third kappa shape index (κ3) is 4.58. The Balaban J connectivity index is 2.03. The number of aryl methyl sites for hydroxylation is 1. The molecule has 0 aliphatic rings. The van der Waals surface area contributed by atoms with Crippen LogP contribution < -0.4 is 15.4 Å². The maximum atomic E-state index is 12.1. The number of nitrogens with zero attached hydrogens (tertiary/aromatic N) is 2. The number of pyridine rings is 1. The molecule has 1 heterocycles. The Morgan fingerprint density at radius 1 is 1.22 bits per heavy atom. The van der Waals surface area contributed by atoms with Crippen molar-refractivity contribution in [3.05, 3.63) is 60.1 Å². The zero-order chi connectivity index (χ0) is 16.7. The molecule has 2 aromatic rings. The van der Waals surface area contributed by atoms with Gasteiger partial charge in [0.25, 0.3) is 5.91 Å². The molecule has 0 atom stereocenters. The molecule has 1 aromatic heterocycles. The summed E-state index contributed by atoms with van der Waals surface area (Å²) in [6.07, 6.45) is 2.98. The summed E-state index contributed by atoms with van der Waals surface area (Å²) in [4.78, 5) is 16.2. The van der Waals surface area contributed by atoms with Crippen LogP contribution in [0.15, 0.2) is 54.4 Å². The molecule has 2 N–H and O–H groups in total. The van der Waals surface area contributed by atoms with Crippen LogP contribution in [0.1, 0.15) is 5.69 Å². The van der Waals surface area contributed by atoms with E-state index in [1.54, 1.807) is 37.6 Å². The number of hydrogen-bond acceptors (Lipinski definition) is 5. The highest BCUT2D eigenvalue weighted by atomic mass is 16.5. The van der Waals surface area contributed by atoms with E-state index in [0.29, 0.717) is 17.1 Å². The van der Waals surface area contributed by atoms with Crippen LogP contribution in [0.5, 0.6) is 5.75 Å². The third-order valence-electron chi connectivity index (χ3n) is 3.01. The molecule has 1 aromatic carbocycles. The van der Waals surface area contributed by atoms with Crippen LogP contribution in [0.2, 0.25) is 0 Å². The van der Waals surface area contributed by atoms with Crippen LogP contribution in [-0.4, -0.2) is 18.0 Å². The molecule has 2 rings (SSSR count). The van der Waals surface area contributed by atoms with Gasteiger partial charge in [-0.2, -0.15) is 5.26 Å². The van der Waals surface area contributed by atoms with Crippen LogP contribution in [0, 0.1) is 18.3 Å². The molecule has 23 heavy (non-hydrogen) atoms. The van der Waals surface area contributed by atoms with E-state index in [-0.39, 0.29) is 5.57 Å². The molecule has 0 unspecified atom stereocenters. The van der Waals surface area contributed by atoms with Gasteiger partial charge >= 0.3 is 0 Å². The van der Waals surface area contributed by atoms with Crippen molar-refractivity contribution in [3.8, 4) is 11.8 Å². The minimum Gasteiger partial charge on any atom is -0.497 e. The molecule has 116 valence electrons. The van der Waals surface area contributed by atoms with Crippen molar-refractivity contribution in [3.63, 3.8) is 0 Å². The maximum absolute atomic E-state index is 12.1. The van der Waals surface area contributed by atoms with Gasteiger partial charge in [0.2, 0.25) is 0 Å². The Bertz CT molecular complexity index is 744. The van der Waals surface area contributed by atoms with Crippen LogP contribution in [-0.2, 0) is 4.79 Å². The number of carbonyl (C=O) groups excluding carboxylic acids is 1. The minimum absolute atomic E-state index is 0.0404. The molecule has 0 fully saturated rings. The average molecular weight is 308 g/mol. The zero-order valence-corrected chi connectivity index (χ0v) is 12.8. The van der Waals surface area contributed by atoms with Crippen molar-refractivity contribution < 1.29 is 9.53 Å². The average Bonchev–Trinajstić information content (AvgIpc) is 2.58. The first-order valence-electron chi connectivity index (χ1n) is 6.87. The second-order valence-corrected chi connectivity index (χ2v) is 4.69. The van der Waals surface area contributed by atoms with Gasteiger partial charge in [-0.1, -0.05) is 0 Å². The Morgan fingerprint density at radius 2 is 1.91 bits per heavy atom. The lowest BCUT2D eigenvalue weighted by Gasteiger charge is -2.06. The van der Waals surface area contributed by atoms with Gasteiger partial charge in [-0.15, -0.1) is 0 Å². The number of rotatable bonds is 5. The number of anilines is 2. The molecule has 6 nitrogen and oxygen atoms in total. The van der Waals surface area contributed by atoms with E-state index in [9.17, 15) is 4.79 Å². The van der Waals surface area contributed by atoms with Crippen molar-refractivity contribution in [1.82, 2.24) is 4.98 Å². The highest BCUT2D eigenvalue weighted by molar-refractivity contribution is 6.06. The predicted molar refractivity (Wildman–Crippen MR) is 87.9 cm³/mol. The van der Waals surface area contributed by atoms with Crippen molar-refractivity contribution in [2.75, 3.05) is 17.7 Å². The number of nitrogens with one attached hydrogen (secondary N) is 2.